The Bertz CT molecular complexity index is 395. The molecular formula is C17H33N3O2. The van der Waals surface area contributed by atoms with Gasteiger partial charge in [-0.25, -0.2) is 0 Å². The fourth-order valence-corrected chi connectivity index (χ4v) is 2.83. The molecule has 3 atom stereocenters. The van der Waals surface area contributed by atoms with Gasteiger partial charge in [0.25, 0.3) is 0 Å². The summed E-state index contributed by atoms with van der Waals surface area (Å²) >= 11 is 0. The van der Waals surface area contributed by atoms with E-state index in [0.717, 1.165) is 25.8 Å². The van der Waals surface area contributed by atoms with E-state index in [-0.39, 0.29) is 29.4 Å². The number of likely N-dealkylation sites (tertiary alicyclic amines) is 1. The zero-order valence-corrected chi connectivity index (χ0v) is 15.0. The monoisotopic (exact) mass is 311 g/mol. The lowest BCUT2D eigenvalue weighted by Crippen LogP contribution is -2.56. The van der Waals surface area contributed by atoms with Crippen LogP contribution >= 0.6 is 0 Å². The molecule has 0 spiro atoms. The Hall–Kier alpha value is -1.10. The van der Waals surface area contributed by atoms with Crippen LogP contribution in [-0.2, 0) is 9.59 Å². The molecule has 0 aromatic heterocycles. The summed E-state index contributed by atoms with van der Waals surface area (Å²) in [5, 5.41) is 6.15. The van der Waals surface area contributed by atoms with E-state index in [0.29, 0.717) is 0 Å². The van der Waals surface area contributed by atoms with Crippen LogP contribution in [0.15, 0.2) is 0 Å². The second-order valence-electron chi connectivity index (χ2n) is 7.21. The molecule has 0 bridgehead atoms. The van der Waals surface area contributed by atoms with Gasteiger partial charge in [-0.05, 0) is 60.3 Å². The summed E-state index contributed by atoms with van der Waals surface area (Å²) in [6, 6.07) is -0.513. The number of hydrogen-bond donors (Lipinski definition) is 2. The molecule has 1 heterocycles. The van der Waals surface area contributed by atoms with Gasteiger partial charge in [-0.2, -0.15) is 0 Å². The second-order valence-corrected chi connectivity index (χ2v) is 7.21. The third kappa shape index (κ3) is 5.27. The van der Waals surface area contributed by atoms with Crippen LogP contribution in [0.2, 0.25) is 0 Å². The fourth-order valence-electron chi connectivity index (χ4n) is 2.83. The van der Waals surface area contributed by atoms with Crippen molar-refractivity contribution >= 4 is 11.8 Å². The second kappa shape index (κ2) is 7.95. The van der Waals surface area contributed by atoms with Crippen molar-refractivity contribution in [2.24, 2.45) is 0 Å². The van der Waals surface area contributed by atoms with Gasteiger partial charge in [0.05, 0.1) is 6.04 Å². The molecule has 3 unspecified atom stereocenters. The number of carbonyl (C=O) groups excluding carboxylic acids is 2. The van der Waals surface area contributed by atoms with Gasteiger partial charge in [0.2, 0.25) is 11.8 Å². The van der Waals surface area contributed by atoms with Gasteiger partial charge in [0.15, 0.2) is 0 Å². The molecule has 1 rings (SSSR count). The third-order valence-electron chi connectivity index (χ3n) is 4.70. The number of nitrogens with one attached hydrogen (secondary N) is 2. The minimum Gasteiger partial charge on any atom is -0.343 e. The van der Waals surface area contributed by atoms with Crippen molar-refractivity contribution in [1.82, 2.24) is 15.5 Å². The Balaban J connectivity index is 2.54. The molecule has 0 aliphatic carbocycles. The van der Waals surface area contributed by atoms with Gasteiger partial charge >= 0.3 is 0 Å². The summed E-state index contributed by atoms with van der Waals surface area (Å²) in [5.74, 6) is -0.0884. The maximum Gasteiger partial charge on any atom is 0.245 e. The predicted octanol–water partition coefficient (Wildman–Crippen LogP) is 2.06. The van der Waals surface area contributed by atoms with Gasteiger partial charge in [-0.3, -0.25) is 9.59 Å². The smallest absolute Gasteiger partial charge is 0.245 e. The number of amides is 2. The van der Waals surface area contributed by atoms with Crippen molar-refractivity contribution < 1.29 is 9.59 Å². The molecule has 0 aromatic carbocycles. The molecule has 0 radical (unpaired) electrons. The molecule has 128 valence electrons. The highest BCUT2D eigenvalue weighted by molar-refractivity contribution is 5.89. The SMILES string of the molecule is CCC(C)(C)NC(C)C(=O)NC(C)C(=O)N1CCCCC1C. The Morgan fingerprint density at radius 3 is 2.41 bits per heavy atom. The topological polar surface area (TPSA) is 61.4 Å². The molecule has 5 nitrogen and oxygen atoms in total. The van der Waals surface area contributed by atoms with E-state index in [4.69, 9.17) is 0 Å². The molecule has 1 saturated heterocycles. The number of carbonyl (C=O) groups is 2. The van der Waals surface area contributed by atoms with Crippen LogP contribution in [0, 0.1) is 0 Å². The van der Waals surface area contributed by atoms with E-state index < -0.39 is 6.04 Å². The Kier molecular flexibility index (Phi) is 6.85. The van der Waals surface area contributed by atoms with E-state index in [2.05, 4.69) is 38.3 Å². The van der Waals surface area contributed by atoms with Crippen LogP contribution in [-0.4, -0.2) is 46.9 Å². The van der Waals surface area contributed by atoms with E-state index in [1.165, 1.54) is 6.42 Å². The summed E-state index contributed by atoms with van der Waals surface area (Å²) in [6.07, 6.45) is 4.22. The van der Waals surface area contributed by atoms with E-state index in [9.17, 15) is 9.59 Å². The highest BCUT2D eigenvalue weighted by Crippen LogP contribution is 2.17. The predicted molar refractivity (Wildman–Crippen MR) is 89.6 cm³/mol. The Morgan fingerprint density at radius 2 is 1.86 bits per heavy atom. The van der Waals surface area contributed by atoms with Crippen LogP contribution < -0.4 is 10.6 Å². The lowest BCUT2D eigenvalue weighted by molar-refractivity contribution is -0.139. The first kappa shape index (κ1) is 18.9. The van der Waals surface area contributed by atoms with Crippen LogP contribution in [0.5, 0.6) is 0 Å². The minimum absolute atomic E-state index is 0.0301. The van der Waals surface area contributed by atoms with E-state index in [1.807, 2.05) is 11.8 Å². The van der Waals surface area contributed by atoms with Gasteiger partial charge < -0.3 is 15.5 Å². The lowest BCUT2D eigenvalue weighted by atomic mass is 10.0. The standard InChI is InChI=1S/C17H33N3O2/c1-7-17(5,6)19-13(3)15(21)18-14(4)16(22)20-11-9-8-10-12(20)2/h12-14,19H,7-11H2,1-6H3,(H,18,21). The highest BCUT2D eigenvalue weighted by Gasteiger charge is 2.29. The van der Waals surface area contributed by atoms with Crippen LogP contribution in [0.4, 0.5) is 0 Å². The summed E-state index contributed by atoms with van der Waals surface area (Å²) in [6.45, 7) is 12.7. The van der Waals surface area contributed by atoms with Crippen LogP contribution in [0.25, 0.3) is 0 Å². The fraction of sp³-hybridized carbons (Fsp3) is 0.882. The molecule has 0 saturated carbocycles. The molecule has 2 amide bonds. The number of piperidine rings is 1. The first-order chi connectivity index (χ1) is 10.2. The molecule has 2 N–H and O–H groups in total. The molecule has 5 heteroatoms. The molecule has 0 aromatic rings. The van der Waals surface area contributed by atoms with Crippen LogP contribution in [0.3, 0.4) is 0 Å². The number of rotatable bonds is 6. The quantitative estimate of drug-likeness (QED) is 0.789. The van der Waals surface area contributed by atoms with Crippen molar-refractivity contribution in [2.45, 2.75) is 90.9 Å². The van der Waals surface area contributed by atoms with Crippen molar-refractivity contribution in [2.75, 3.05) is 6.54 Å². The summed E-state index contributed by atoms with van der Waals surface area (Å²) in [7, 11) is 0. The van der Waals surface area contributed by atoms with Crippen LogP contribution in [0.1, 0.15) is 67.2 Å². The Labute approximate surface area is 135 Å². The summed E-state index contributed by atoms with van der Waals surface area (Å²) in [5.41, 5.74) is -0.0919. The van der Waals surface area contributed by atoms with Gasteiger partial charge in [0.1, 0.15) is 6.04 Å². The van der Waals surface area contributed by atoms with E-state index in [1.54, 1.807) is 6.92 Å². The molecule has 22 heavy (non-hydrogen) atoms. The van der Waals surface area contributed by atoms with Crippen molar-refractivity contribution in [3.63, 3.8) is 0 Å². The molecule has 1 aliphatic heterocycles. The highest BCUT2D eigenvalue weighted by atomic mass is 16.2. The minimum atomic E-state index is -0.470. The summed E-state index contributed by atoms with van der Waals surface area (Å²) in [4.78, 5) is 26.7. The zero-order chi connectivity index (χ0) is 16.9. The Morgan fingerprint density at radius 1 is 1.23 bits per heavy atom. The third-order valence-corrected chi connectivity index (χ3v) is 4.70. The van der Waals surface area contributed by atoms with Crippen molar-refractivity contribution in [3.8, 4) is 0 Å². The number of nitrogens with zero attached hydrogens (tertiary/aromatic N) is 1. The molecule has 1 aliphatic rings. The normalized spacial score (nSPS) is 22.1. The van der Waals surface area contributed by atoms with E-state index >= 15 is 0 Å². The molecule has 1 fully saturated rings. The van der Waals surface area contributed by atoms with Gasteiger partial charge in [0, 0.05) is 18.1 Å². The lowest BCUT2D eigenvalue weighted by Gasteiger charge is -2.35. The maximum atomic E-state index is 12.5. The van der Waals surface area contributed by atoms with Gasteiger partial charge in [-0.15, -0.1) is 0 Å². The average Bonchev–Trinajstić information content (AvgIpc) is 2.46. The first-order valence-electron chi connectivity index (χ1n) is 8.56. The van der Waals surface area contributed by atoms with Gasteiger partial charge in [-0.1, -0.05) is 6.92 Å². The largest absolute Gasteiger partial charge is 0.343 e. The van der Waals surface area contributed by atoms with Crippen molar-refractivity contribution in [1.29, 1.82) is 0 Å². The summed E-state index contributed by atoms with van der Waals surface area (Å²) < 4.78 is 0. The molecular weight excluding hydrogens is 278 g/mol. The zero-order valence-electron chi connectivity index (χ0n) is 15.0. The maximum absolute atomic E-state index is 12.5. The average molecular weight is 311 g/mol. The number of hydrogen-bond acceptors (Lipinski definition) is 3. The first-order valence-corrected chi connectivity index (χ1v) is 8.56. The van der Waals surface area contributed by atoms with Crippen molar-refractivity contribution in [3.05, 3.63) is 0 Å².